The summed E-state index contributed by atoms with van der Waals surface area (Å²) in [6.07, 6.45) is 10.3. The Morgan fingerprint density at radius 3 is 2.79 bits per heavy atom. The lowest BCUT2D eigenvalue weighted by atomic mass is 9.94. The Morgan fingerprint density at radius 1 is 1.29 bits per heavy atom. The molecule has 0 N–H and O–H groups in total. The van der Waals surface area contributed by atoms with E-state index in [4.69, 9.17) is 4.98 Å². The van der Waals surface area contributed by atoms with Gasteiger partial charge in [-0.2, -0.15) is 5.26 Å². The van der Waals surface area contributed by atoms with Gasteiger partial charge in [-0.15, -0.1) is 0 Å². The molecule has 3 rings (SSSR count). The molecule has 2 aliphatic rings. The number of pyridine rings is 1. The smallest absolute Gasteiger partial charge is 0.232 e. The van der Waals surface area contributed by atoms with Crippen molar-refractivity contribution < 1.29 is 4.79 Å². The molecule has 5 heteroatoms. The summed E-state index contributed by atoms with van der Waals surface area (Å²) < 4.78 is 0. The lowest BCUT2D eigenvalue weighted by molar-refractivity contribution is -0.129. The first kappa shape index (κ1) is 17.3. The van der Waals surface area contributed by atoms with Gasteiger partial charge in [-0.1, -0.05) is 31.0 Å². The second-order valence-electron chi connectivity index (χ2n) is 6.85. The minimum absolute atomic E-state index is 0.148. The summed E-state index contributed by atoms with van der Waals surface area (Å²) >= 11 is 1.42. The van der Waals surface area contributed by atoms with Gasteiger partial charge < -0.3 is 4.90 Å². The van der Waals surface area contributed by atoms with E-state index < -0.39 is 0 Å². The third kappa shape index (κ3) is 3.92. The van der Waals surface area contributed by atoms with E-state index in [9.17, 15) is 10.1 Å². The maximum atomic E-state index is 12.5. The molecule has 4 nitrogen and oxygen atoms in total. The Balaban J connectivity index is 1.65. The first-order chi connectivity index (χ1) is 11.7. The van der Waals surface area contributed by atoms with E-state index in [1.807, 2.05) is 18.0 Å². The predicted octanol–water partition coefficient (Wildman–Crippen LogP) is 3.72. The molecular formula is C19H25N3OS. The molecule has 0 bridgehead atoms. The molecule has 0 radical (unpaired) electrons. The standard InChI is InChI=1S/C19H25N3OS/c1-22(16-8-3-2-4-9-16)18(23)13-24-19-15(12-20)11-14-7-5-6-10-17(14)21-19/h11,16H,2-10,13H2,1H3. The van der Waals surface area contributed by atoms with E-state index in [2.05, 4.69) is 6.07 Å². The van der Waals surface area contributed by atoms with Crippen LogP contribution in [-0.4, -0.2) is 34.6 Å². The Kier molecular flexibility index (Phi) is 5.78. The van der Waals surface area contributed by atoms with Gasteiger partial charge in [-0.25, -0.2) is 4.98 Å². The Bertz CT molecular complexity index is 647. The fourth-order valence-electron chi connectivity index (χ4n) is 3.71. The van der Waals surface area contributed by atoms with Crippen molar-refractivity contribution in [3.8, 4) is 6.07 Å². The molecular weight excluding hydrogens is 318 g/mol. The highest BCUT2D eigenvalue weighted by Gasteiger charge is 2.23. The summed E-state index contributed by atoms with van der Waals surface area (Å²) in [5.41, 5.74) is 2.96. The second kappa shape index (κ2) is 8.02. The number of nitrogens with zero attached hydrogens (tertiary/aromatic N) is 3. The van der Waals surface area contributed by atoms with Gasteiger partial charge in [0.05, 0.1) is 11.3 Å². The van der Waals surface area contributed by atoms with E-state index >= 15 is 0 Å². The van der Waals surface area contributed by atoms with Crippen molar-refractivity contribution in [3.05, 3.63) is 22.9 Å². The molecule has 1 aromatic heterocycles. The lowest BCUT2D eigenvalue weighted by Gasteiger charge is -2.31. The van der Waals surface area contributed by atoms with Gasteiger partial charge in [0.2, 0.25) is 5.91 Å². The quantitative estimate of drug-likeness (QED) is 0.782. The molecule has 1 heterocycles. The number of carbonyl (C=O) groups excluding carboxylic acids is 1. The van der Waals surface area contributed by atoms with Crippen molar-refractivity contribution in [1.29, 1.82) is 5.26 Å². The maximum Gasteiger partial charge on any atom is 0.232 e. The number of hydrogen-bond acceptors (Lipinski definition) is 4. The Morgan fingerprint density at radius 2 is 2.04 bits per heavy atom. The number of rotatable bonds is 4. The van der Waals surface area contributed by atoms with E-state index in [0.717, 1.165) is 36.4 Å². The molecule has 0 atom stereocenters. The molecule has 1 amide bonds. The number of fused-ring (bicyclic) bond motifs is 1. The number of thioether (sulfide) groups is 1. The van der Waals surface area contributed by atoms with Gasteiger partial charge >= 0.3 is 0 Å². The minimum atomic E-state index is 0.148. The van der Waals surface area contributed by atoms with Crippen LogP contribution in [0, 0.1) is 11.3 Å². The topological polar surface area (TPSA) is 57.0 Å². The number of hydrogen-bond donors (Lipinski definition) is 0. The van der Waals surface area contributed by atoms with Gasteiger partial charge in [0, 0.05) is 18.8 Å². The second-order valence-corrected chi connectivity index (χ2v) is 7.82. The zero-order valence-electron chi connectivity index (χ0n) is 14.4. The molecule has 0 saturated heterocycles. The molecule has 128 valence electrons. The summed E-state index contributed by atoms with van der Waals surface area (Å²) in [5.74, 6) is 0.517. The van der Waals surface area contributed by atoms with Gasteiger partial charge in [-0.05, 0) is 50.2 Å². The zero-order chi connectivity index (χ0) is 16.9. The van der Waals surface area contributed by atoms with Crippen LogP contribution in [0.5, 0.6) is 0 Å². The van der Waals surface area contributed by atoms with Crippen molar-refractivity contribution in [2.24, 2.45) is 0 Å². The molecule has 2 aliphatic carbocycles. The number of carbonyl (C=O) groups is 1. The average Bonchev–Trinajstić information content (AvgIpc) is 2.65. The number of nitriles is 1. The monoisotopic (exact) mass is 343 g/mol. The fourth-order valence-corrected chi connectivity index (χ4v) is 4.61. The first-order valence-electron chi connectivity index (χ1n) is 9.00. The molecule has 0 aliphatic heterocycles. The third-order valence-electron chi connectivity index (χ3n) is 5.23. The molecule has 24 heavy (non-hydrogen) atoms. The van der Waals surface area contributed by atoms with E-state index in [-0.39, 0.29) is 5.91 Å². The number of amides is 1. The molecule has 1 saturated carbocycles. The molecule has 0 unspecified atom stereocenters. The summed E-state index contributed by atoms with van der Waals surface area (Å²) in [5, 5.41) is 10.1. The van der Waals surface area contributed by atoms with Gasteiger partial charge in [0.1, 0.15) is 11.1 Å². The molecule has 0 aromatic carbocycles. The summed E-state index contributed by atoms with van der Waals surface area (Å²) in [4.78, 5) is 19.1. The lowest BCUT2D eigenvalue weighted by Crippen LogP contribution is -2.39. The van der Waals surface area contributed by atoms with Crippen LogP contribution in [0.4, 0.5) is 0 Å². The SMILES string of the molecule is CN(C(=O)CSc1nc2c(cc1C#N)CCCC2)C1CCCCC1. The highest BCUT2D eigenvalue weighted by molar-refractivity contribution is 7.99. The van der Waals surface area contributed by atoms with Crippen LogP contribution in [0.25, 0.3) is 0 Å². The van der Waals surface area contributed by atoms with Crippen LogP contribution in [0.2, 0.25) is 0 Å². The number of aryl methyl sites for hydroxylation is 2. The van der Waals surface area contributed by atoms with Crippen molar-refractivity contribution in [3.63, 3.8) is 0 Å². The zero-order valence-corrected chi connectivity index (χ0v) is 15.2. The maximum absolute atomic E-state index is 12.5. The summed E-state index contributed by atoms with van der Waals surface area (Å²) in [6, 6.07) is 4.63. The highest BCUT2D eigenvalue weighted by atomic mass is 32.2. The normalized spacial score (nSPS) is 17.8. The van der Waals surface area contributed by atoms with E-state index in [1.54, 1.807) is 0 Å². The van der Waals surface area contributed by atoms with Crippen LogP contribution in [0.1, 0.15) is 61.8 Å². The Labute approximate surface area is 148 Å². The molecule has 1 aromatic rings. The summed E-state index contributed by atoms with van der Waals surface area (Å²) in [6.45, 7) is 0. The van der Waals surface area contributed by atoms with E-state index in [0.29, 0.717) is 17.4 Å². The third-order valence-corrected chi connectivity index (χ3v) is 6.21. The summed E-state index contributed by atoms with van der Waals surface area (Å²) in [7, 11) is 1.92. The van der Waals surface area contributed by atoms with Crippen molar-refractivity contribution in [2.45, 2.75) is 68.9 Å². The van der Waals surface area contributed by atoms with Crippen LogP contribution < -0.4 is 0 Å². The first-order valence-corrected chi connectivity index (χ1v) is 9.99. The minimum Gasteiger partial charge on any atom is -0.342 e. The van der Waals surface area contributed by atoms with Gasteiger partial charge in [0.25, 0.3) is 0 Å². The van der Waals surface area contributed by atoms with E-state index in [1.165, 1.54) is 49.4 Å². The van der Waals surface area contributed by atoms with Crippen LogP contribution >= 0.6 is 11.8 Å². The fraction of sp³-hybridized carbons (Fsp3) is 0.632. The van der Waals surface area contributed by atoms with Crippen molar-refractivity contribution >= 4 is 17.7 Å². The Hall–Kier alpha value is -1.54. The van der Waals surface area contributed by atoms with Crippen LogP contribution in [0.15, 0.2) is 11.1 Å². The van der Waals surface area contributed by atoms with Crippen molar-refractivity contribution in [1.82, 2.24) is 9.88 Å². The molecule has 1 fully saturated rings. The average molecular weight is 343 g/mol. The predicted molar refractivity (Wildman–Crippen MR) is 96.0 cm³/mol. The van der Waals surface area contributed by atoms with Crippen LogP contribution in [0.3, 0.4) is 0 Å². The van der Waals surface area contributed by atoms with Gasteiger partial charge in [0.15, 0.2) is 0 Å². The molecule has 0 spiro atoms. The van der Waals surface area contributed by atoms with Gasteiger partial charge in [-0.3, -0.25) is 4.79 Å². The van der Waals surface area contributed by atoms with Crippen molar-refractivity contribution in [2.75, 3.05) is 12.8 Å². The highest BCUT2D eigenvalue weighted by Crippen LogP contribution is 2.28. The largest absolute Gasteiger partial charge is 0.342 e. The van der Waals surface area contributed by atoms with Crippen LogP contribution in [-0.2, 0) is 17.6 Å². The number of aromatic nitrogens is 1.